The minimum atomic E-state index is -3.81. The highest BCUT2D eigenvalue weighted by molar-refractivity contribution is 7.92. The first-order chi connectivity index (χ1) is 9.06. The van der Waals surface area contributed by atoms with Gasteiger partial charge in [0.15, 0.2) is 0 Å². The molecular weight excluding hydrogens is 268 g/mol. The van der Waals surface area contributed by atoms with E-state index in [-0.39, 0.29) is 10.7 Å². The van der Waals surface area contributed by atoms with Crippen molar-refractivity contribution in [1.29, 1.82) is 0 Å². The van der Waals surface area contributed by atoms with Crippen molar-refractivity contribution in [2.75, 3.05) is 10.1 Å². The molecule has 0 amide bonds. The molecule has 0 unspecified atom stereocenters. The van der Waals surface area contributed by atoms with Gasteiger partial charge in [-0.1, -0.05) is 0 Å². The molecule has 9 heteroatoms. The van der Waals surface area contributed by atoms with Crippen molar-refractivity contribution in [1.82, 2.24) is 14.8 Å². The number of hydrazine groups is 1. The summed E-state index contributed by atoms with van der Waals surface area (Å²) in [5, 5.41) is 3.82. The highest BCUT2D eigenvalue weighted by atomic mass is 32.2. The van der Waals surface area contributed by atoms with E-state index >= 15 is 0 Å². The minimum Gasteiger partial charge on any atom is -0.321 e. The highest BCUT2D eigenvalue weighted by Crippen LogP contribution is 2.20. The molecule has 0 spiro atoms. The van der Waals surface area contributed by atoms with Crippen LogP contribution in [-0.2, 0) is 16.6 Å². The number of sulfonamides is 1. The molecule has 0 aliphatic heterocycles. The van der Waals surface area contributed by atoms with Gasteiger partial charge in [-0.05, 0) is 19.1 Å². The van der Waals surface area contributed by atoms with Crippen LogP contribution in [0.2, 0.25) is 0 Å². The zero-order chi connectivity index (χ0) is 13.9. The average molecular weight is 282 g/mol. The Morgan fingerprint density at radius 2 is 2.26 bits per heavy atom. The number of nitrogens with zero attached hydrogens (tertiary/aromatic N) is 3. The summed E-state index contributed by atoms with van der Waals surface area (Å²) in [7, 11) is -3.81. The van der Waals surface area contributed by atoms with Crippen molar-refractivity contribution in [3.05, 3.63) is 30.7 Å². The third kappa shape index (κ3) is 2.83. The molecule has 2 aromatic heterocycles. The van der Waals surface area contributed by atoms with Crippen LogP contribution in [0.15, 0.2) is 35.7 Å². The summed E-state index contributed by atoms with van der Waals surface area (Å²) in [6, 6.07) is 3.11. The third-order valence-electron chi connectivity index (χ3n) is 2.39. The van der Waals surface area contributed by atoms with E-state index in [1.54, 1.807) is 16.9 Å². The number of hydrogen-bond donors (Lipinski definition) is 3. The van der Waals surface area contributed by atoms with Crippen LogP contribution in [-0.4, -0.2) is 23.2 Å². The summed E-state index contributed by atoms with van der Waals surface area (Å²) in [6.07, 6.45) is 4.40. The maximum absolute atomic E-state index is 12.2. The van der Waals surface area contributed by atoms with E-state index in [1.165, 1.54) is 18.5 Å². The molecule has 2 aromatic rings. The van der Waals surface area contributed by atoms with Gasteiger partial charge in [0.1, 0.15) is 0 Å². The van der Waals surface area contributed by atoms with E-state index in [1.807, 2.05) is 6.92 Å². The Kier molecular flexibility index (Phi) is 3.67. The molecule has 0 saturated carbocycles. The van der Waals surface area contributed by atoms with Crippen LogP contribution in [0.5, 0.6) is 0 Å². The van der Waals surface area contributed by atoms with Gasteiger partial charge in [0.05, 0.1) is 17.6 Å². The molecule has 102 valence electrons. The van der Waals surface area contributed by atoms with Crippen molar-refractivity contribution < 1.29 is 8.42 Å². The molecule has 0 aliphatic carbocycles. The van der Waals surface area contributed by atoms with Gasteiger partial charge < -0.3 is 5.43 Å². The second-order valence-corrected chi connectivity index (χ2v) is 5.29. The van der Waals surface area contributed by atoms with Gasteiger partial charge in [-0.25, -0.2) is 4.98 Å². The smallest absolute Gasteiger partial charge is 0.281 e. The molecule has 2 heterocycles. The molecule has 0 bridgehead atoms. The van der Waals surface area contributed by atoms with E-state index in [2.05, 4.69) is 20.2 Å². The predicted octanol–water partition coefficient (Wildman–Crippen LogP) is 0.384. The number of rotatable bonds is 5. The monoisotopic (exact) mass is 282 g/mol. The second kappa shape index (κ2) is 5.24. The van der Waals surface area contributed by atoms with Crippen LogP contribution in [0.4, 0.5) is 11.4 Å². The summed E-state index contributed by atoms with van der Waals surface area (Å²) in [5.41, 5.74) is 2.89. The number of nitrogens with one attached hydrogen (secondary N) is 2. The summed E-state index contributed by atoms with van der Waals surface area (Å²) in [4.78, 5) is 3.82. The third-order valence-corrected chi connectivity index (χ3v) is 3.73. The molecule has 0 atom stereocenters. The van der Waals surface area contributed by atoms with E-state index in [9.17, 15) is 8.42 Å². The Balaban J connectivity index is 2.32. The highest BCUT2D eigenvalue weighted by Gasteiger charge is 2.20. The Bertz CT molecular complexity index is 666. The number of nitrogen functional groups attached to an aromatic ring is 1. The Labute approximate surface area is 110 Å². The van der Waals surface area contributed by atoms with Crippen LogP contribution in [0, 0.1) is 0 Å². The standard InChI is InChI=1S/C10H14N6O2S/c1-2-16-7-8(6-13-16)15-19(17,18)10-9(14-11)4-3-5-12-10/h3-7,14-15H,2,11H2,1H3. The fraction of sp³-hybridized carbons (Fsp3) is 0.200. The number of pyridine rings is 1. The van der Waals surface area contributed by atoms with Crippen LogP contribution in [0.25, 0.3) is 0 Å². The zero-order valence-corrected chi connectivity index (χ0v) is 11.1. The van der Waals surface area contributed by atoms with Gasteiger partial charge in [-0.3, -0.25) is 15.2 Å². The van der Waals surface area contributed by atoms with Gasteiger partial charge in [-0.2, -0.15) is 13.5 Å². The molecule has 0 aromatic carbocycles. The number of aryl methyl sites for hydroxylation is 1. The number of anilines is 2. The molecule has 0 radical (unpaired) electrons. The summed E-state index contributed by atoms with van der Waals surface area (Å²) < 4.78 is 28.3. The largest absolute Gasteiger partial charge is 0.321 e. The molecule has 0 saturated heterocycles. The molecule has 0 aliphatic rings. The van der Waals surface area contributed by atoms with E-state index in [0.29, 0.717) is 12.2 Å². The lowest BCUT2D eigenvalue weighted by molar-refractivity contribution is 0.598. The molecule has 2 rings (SSSR count). The Hall–Kier alpha value is -2.13. The number of hydrogen-bond acceptors (Lipinski definition) is 6. The molecule has 19 heavy (non-hydrogen) atoms. The SMILES string of the molecule is CCn1cc(NS(=O)(=O)c2ncccc2NN)cn1. The molecule has 4 N–H and O–H groups in total. The van der Waals surface area contributed by atoms with Crippen molar-refractivity contribution >= 4 is 21.4 Å². The maximum Gasteiger partial charge on any atom is 0.281 e. The van der Waals surface area contributed by atoms with Gasteiger partial charge in [0.25, 0.3) is 10.0 Å². The topological polar surface area (TPSA) is 115 Å². The number of aromatic nitrogens is 3. The van der Waals surface area contributed by atoms with Crippen LogP contribution < -0.4 is 16.0 Å². The lowest BCUT2D eigenvalue weighted by atomic mass is 10.4. The normalized spacial score (nSPS) is 11.3. The average Bonchev–Trinajstić information content (AvgIpc) is 2.85. The fourth-order valence-electron chi connectivity index (χ4n) is 1.51. The fourth-order valence-corrected chi connectivity index (χ4v) is 2.64. The van der Waals surface area contributed by atoms with Crippen molar-refractivity contribution in [3.8, 4) is 0 Å². The molecule has 8 nitrogen and oxygen atoms in total. The van der Waals surface area contributed by atoms with E-state index in [0.717, 1.165) is 0 Å². The maximum atomic E-state index is 12.2. The predicted molar refractivity (Wildman–Crippen MR) is 70.8 cm³/mol. The lowest BCUT2D eigenvalue weighted by Crippen LogP contribution is -2.18. The van der Waals surface area contributed by atoms with Gasteiger partial charge >= 0.3 is 0 Å². The van der Waals surface area contributed by atoms with Gasteiger partial charge in [0, 0.05) is 18.9 Å². The number of nitrogens with two attached hydrogens (primary N) is 1. The van der Waals surface area contributed by atoms with E-state index < -0.39 is 10.0 Å². The molecule has 0 fully saturated rings. The second-order valence-electron chi connectivity index (χ2n) is 3.69. The van der Waals surface area contributed by atoms with Crippen LogP contribution in [0.1, 0.15) is 6.92 Å². The summed E-state index contributed by atoms with van der Waals surface area (Å²) in [6.45, 7) is 2.56. The zero-order valence-electron chi connectivity index (χ0n) is 10.2. The first-order valence-electron chi connectivity index (χ1n) is 5.53. The van der Waals surface area contributed by atoms with Crippen molar-refractivity contribution in [2.24, 2.45) is 5.84 Å². The summed E-state index contributed by atoms with van der Waals surface area (Å²) >= 11 is 0. The van der Waals surface area contributed by atoms with Crippen LogP contribution >= 0.6 is 0 Å². The Morgan fingerprint density at radius 1 is 1.47 bits per heavy atom. The summed E-state index contributed by atoms with van der Waals surface area (Å²) in [5.74, 6) is 5.27. The quantitative estimate of drug-likeness (QED) is 0.539. The first-order valence-corrected chi connectivity index (χ1v) is 7.02. The minimum absolute atomic E-state index is 0.165. The van der Waals surface area contributed by atoms with Crippen molar-refractivity contribution in [2.45, 2.75) is 18.5 Å². The molecular formula is C10H14N6O2S. The first kappa shape index (κ1) is 13.3. The van der Waals surface area contributed by atoms with E-state index in [4.69, 9.17) is 5.84 Å². The lowest BCUT2D eigenvalue weighted by Gasteiger charge is -2.09. The van der Waals surface area contributed by atoms with Gasteiger partial charge in [-0.15, -0.1) is 0 Å². The van der Waals surface area contributed by atoms with Crippen molar-refractivity contribution in [3.63, 3.8) is 0 Å². The van der Waals surface area contributed by atoms with Crippen LogP contribution in [0.3, 0.4) is 0 Å². The Morgan fingerprint density at radius 3 is 2.89 bits per heavy atom. The van der Waals surface area contributed by atoms with Gasteiger partial charge in [0.2, 0.25) is 5.03 Å².